The lowest BCUT2D eigenvalue weighted by Gasteiger charge is -2.15. The Morgan fingerprint density at radius 2 is 1.64 bits per heavy atom. The number of carbonyl (C=O) groups excluding carboxylic acids is 1. The van der Waals surface area contributed by atoms with Crippen LogP contribution in [0, 0.1) is 11.3 Å². The zero-order chi connectivity index (χ0) is 23.5. The fourth-order valence-corrected chi connectivity index (χ4v) is 3.63. The van der Waals surface area contributed by atoms with E-state index >= 15 is 0 Å². The molecule has 0 bridgehead atoms. The third kappa shape index (κ3) is 7.76. The topological polar surface area (TPSA) is 105 Å². The molecule has 1 atom stereocenters. The first kappa shape index (κ1) is 24.0. The van der Waals surface area contributed by atoms with E-state index in [1.807, 2.05) is 42.5 Å². The van der Waals surface area contributed by atoms with Gasteiger partial charge in [-0.1, -0.05) is 42.5 Å². The molecule has 6 nitrogen and oxygen atoms in total. The summed E-state index contributed by atoms with van der Waals surface area (Å²) in [6.45, 7) is 3.90. The van der Waals surface area contributed by atoms with E-state index in [1.54, 1.807) is 24.3 Å². The van der Waals surface area contributed by atoms with Crippen molar-refractivity contribution < 1.29 is 9.53 Å². The van der Waals surface area contributed by atoms with Crippen LogP contribution in [0.3, 0.4) is 0 Å². The second-order valence-corrected chi connectivity index (χ2v) is 8.00. The van der Waals surface area contributed by atoms with Crippen LogP contribution in [-0.2, 0) is 0 Å². The van der Waals surface area contributed by atoms with E-state index < -0.39 is 0 Å². The lowest BCUT2D eigenvalue weighted by Crippen LogP contribution is -2.28. The van der Waals surface area contributed by atoms with E-state index in [0.717, 1.165) is 56.0 Å². The van der Waals surface area contributed by atoms with Crippen LogP contribution in [-0.4, -0.2) is 43.1 Å². The SMILES string of the molecule is N#Cc1ccc(-c2ccc(OCCCN3CC[C@@H](N)C3)cc2)cc1.NC(=O)c1ccccc1. The second kappa shape index (κ2) is 12.4. The molecule has 3 aromatic carbocycles. The van der Waals surface area contributed by atoms with Gasteiger partial charge in [0.15, 0.2) is 0 Å². The van der Waals surface area contributed by atoms with Gasteiger partial charge in [-0.15, -0.1) is 0 Å². The van der Waals surface area contributed by atoms with E-state index in [0.29, 0.717) is 17.2 Å². The summed E-state index contributed by atoms with van der Waals surface area (Å²) in [7, 11) is 0. The van der Waals surface area contributed by atoms with E-state index in [-0.39, 0.29) is 5.91 Å². The summed E-state index contributed by atoms with van der Waals surface area (Å²) in [6, 6.07) is 27.0. The minimum Gasteiger partial charge on any atom is -0.494 e. The monoisotopic (exact) mass is 442 g/mol. The van der Waals surface area contributed by atoms with Crippen molar-refractivity contribution in [2.45, 2.75) is 18.9 Å². The largest absolute Gasteiger partial charge is 0.494 e. The van der Waals surface area contributed by atoms with Crippen LogP contribution >= 0.6 is 0 Å². The summed E-state index contributed by atoms with van der Waals surface area (Å²) in [5.41, 5.74) is 14.3. The van der Waals surface area contributed by atoms with E-state index in [1.165, 1.54) is 0 Å². The lowest BCUT2D eigenvalue weighted by molar-refractivity contribution is 0.100. The van der Waals surface area contributed by atoms with Crippen LogP contribution in [0.1, 0.15) is 28.8 Å². The molecule has 0 aliphatic carbocycles. The van der Waals surface area contributed by atoms with Gasteiger partial charge in [-0.05, 0) is 66.9 Å². The number of benzene rings is 3. The molecule has 0 spiro atoms. The third-order valence-electron chi connectivity index (χ3n) is 5.46. The fraction of sp³-hybridized carbons (Fsp3) is 0.259. The standard InChI is InChI=1S/C20H23N3O.C7H7NO/c21-14-16-2-4-17(5-3-16)18-6-8-20(9-7-18)24-13-1-11-23-12-10-19(22)15-23;8-7(9)6-4-2-1-3-5-6/h2-9,19H,1,10-13,15,22H2;1-5H,(H2,8,9)/t19-;/m1./s1. The van der Waals surface area contributed by atoms with Gasteiger partial charge in [0.2, 0.25) is 5.91 Å². The summed E-state index contributed by atoms with van der Waals surface area (Å²) in [5, 5.41) is 8.84. The molecule has 33 heavy (non-hydrogen) atoms. The van der Waals surface area contributed by atoms with Crippen molar-refractivity contribution in [3.63, 3.8) is 0 Å². The summed E-state index contributed by atoms with van der Waals surface area (Å²) in [6.07, 6.45) is 2.13. The van der Waals surface area contributed by atoms with Crippen molar-refractivity contribution in [2.24, 2.45) is 11.5 Å². The first-order valence-electron chi connectivity index (χ1n) is 11.1. The van der Waals surface area contributed by atoms with Gasteiger partial charge in [0, 0.05) is 24.7 Å². The zero-order valence-corrected chi connectivity index (χ0v) is 18.7. The number of rotatable bonds is 7. The van der Waals surface area contributed by atoms with E-state index in [9.17, 15) is 4.79 Å². The van der Waals surface area contributed by atoms with Crippen molar-refractivity contribution in [3.05, 3.63) is 90.0 Å². The van der Waals surface area contributed by atoms with Gasteiger partial charge < -0.3 is 21.1 Å². The highest BCUT2D eigenvalue weighted by Gasteiger charge is 2.17. The smallest absolute Gasteiger partial charge is 0.248 e. The molecule has 4 rings (SSSR count). The van der Waals surface area contributed by atoms with Crippen LogP contribution in [0.4, 0.5) is 0 Å². The molecule has 1 heterocycles. The highest BCUT2D eigenvalue weighted by atomic mass is 16.5. The number of carbonyl (C=O) groups is 1. The fourth-order valence-electron chi connectivity index (χ4n) is 3.63. The number of hydrogen-bond acceptors (Lipinski definition) is 5. The van der Waals surface area contributed by atoms with Crippen molar-refractivity contribution in [1.29, 1.82) is 5.26 Å². The Morgan fingerprint density at radius 1 is 1.00 bits per heavy atom. The number of ether oxygens (including phenoxy) is 1. The Kier molecular flexibility index (Phi) is 9.01. The summed E-state index contributed by atoms with van der Waals surface area (Å²) < 4.78 is 5.82. The van der Waals surface area contributed by atoms with Gasteiger partial charge in [-0.3, -0.25) is 4.79 Å². The lowest BCUT2D eigenvalue weighted by atomic mass is 10.0. The quantitative estimate of drug-likeness (QED) is 0.541. The molecule has 1 aliphatic rings. The van der Waals surface area contributed by atoms with E-state index in [4.69, 9.17) is 21.5 Å². The molecule has 3 aromatic rings. The maximum atomic E-state index is 10.4. The normalized spacial score (nSPS) is 15.2. The molecule has 0 radical (unpaired) electrons. The van der Waals surface area contributed by atoms with Gasteiger partial charge in [0.05, 0.1) is 18.2 Å². The number of nitrogens with two attached hydrogens (primary N) is 2. The predicted molar refractivity (Wildman–Crippen MR) is 131 cm³/mol. The van der Waals surface area contributed by atoms with Crippen LogP contribution in [0.25, 0.3) is 11.1 Å². The van der Waals surface area contributed by atoms with Gasteiger partial charge in [-0.2, -0.15) is 5.26 Å². The molecule has 1 amide bonds. The van der Waals surface area contributed by atoms with Crippen LogP contribution < -0.4 is 16.2 Å². The minimum atomic E-state index is -0.379. The molecule has 0 unspecified atom stereocenters. The molecule has 170 valence electrons. The van der Waals surface area contributed by atoms with Crippen molar-refractivity contribution in [2.75, 3.05) is 26.2 Å². The molecule has 1 aliphatic heterocycles. The zero-order valence-electron chi connectivity index (χ0n) is 18.7. The summed E-state index contributed by atoms with van der Waals surface area (Å²) in [5.74, 6) is 0.515. The summed E-state index contributed by atoms with van der Waals surface area (Å²) in [4.78, 5) is 12.8. The Bertz CT molecular complexity index is 1040. The Balaban J connectivity index is 0.000000286. The predicted octanol–water partition coefficient (Wildman–Crippen LogP) is 3.81. The number of nitriles is 1. The maximum absolute atomic E-state index is 10.4. The number of amides is 1. The first-order valence-corrected chi connectivity index (χ1v) is 11.1. The Hall–Kier alpha value is -3.66. The Morgan fingerprint density at radius 3 is 2.15 bits per heavy atom. The van der Waals surface area contributed by atoms with Crippen LogP contribution in [0.2, 0.25) is 0 Å². The number of nitrogens with zero attached hydrogens (tertiary/aromatic N) is 2. The summed E-state index contributed by atoms with van der Waals surface area (Å²) >= 11 is 0. The molecule has 1 fully saturated rings. The molecule has 1 saturated heterocycles. The molecule has 0 aromatic heterocycles. The number of primary amides is 1. The van der Waals surface area contributed by atoms with Crippen molar-refractivity contribution in [1.82, 2.24) is 4.90 Å². The highest BCUT2D eigenvalue weighted by molar-refractivity contribution is 5.92. The molecular weight excluding hydrogens is 412 g/mol. The average molecular weight is 443 g/mol. The third-order valence-corrected chi connectivity index (χ3v) is 5.46. The molecule has 0 saturated carbocycles. The van der Waals surface area contributed by atoms with Crippen LogP contribution in [0.5, 0.6) is 5.75 Å². The first-order chi connectivity index (χ1) is 16.0. The number of hydrogen-bond donors (Lipinski definition) is 2. The maximum Gasteiger partial charge on any atom is 0.248 e. The minimum absolute atomic E-state index is 0.348. The average Bonchev–Trinajstić information content (AvgIpc) is 3.28. The van der Waals surface area contributed by atoms with Gasteiger partial charge in [0.1, 0.15) is 5.75 Å². The Labute approximate surface area is 195 Å². The van der Waals surface area contributed by atoms with E-state index in [2.05, 4.69) is 23.1 Å². The van der Waals surface area contributed by atoms with Crippen LogP contribution in [0.15, 0.2) is 78.9 Å². The molecular formula is C27H30N4O2. The van der Waals surface area contributed by atoms with Gasteiger partial charge >= 0.3 is 0 Å². The second-order valence-electron chi connectivity index (χ2n) is 8.00. The molecule has 4 N–H and O–H groups in total. The van der Waals surface area contributed by atoms with Crippen molar-refractivity contribution >= 4 is 5.91 Å². The molecule has 6 heteroatoms. The van der Waals surface area contributed by atoms with Gasteiger partial charge in [-0.25, -0.2) is 0 Å². The number of likely N-dealkylation sites (tertiary alicyclic amines) is 1. The highest BCUT2D eigenvalue weighted by Crippen LogP contribution is 2.23. The van der Waals surface area contributed by atoms with Gasteiger partial charge in [0.25, 0.3) is 0 Å². The van der Waals surface area contributed by atoms with Crippen molar-refractivity contribution in [3.8, 4) is 22.9 Å².